The van der Waals surface area contributed by atoms with Crippen LogP contribution in [0, 0.1) is 0 Å². The predicted molar refractivity (Wildman–Crippen MR) is 242 cm³/mol. The van der Waals surface area contributed by atoms with Crippen molar-refractivity contribution in [3.8, 4) is 33.4 Å². The van der Waals surface area contributed by atoms with Crippen LogP contribution in [-0.2, 0) is 10.8 Å². The number of para-hydroxylation sites is 2. The number of fused-ring (bicyclic) bond motifs is 16. The van der Waals surface area contributed by atoms with E-state index in [9.17, 15) is 0 Å². The van der Waals surface area contributed by atoms with Crippen molar-refractivity contribution < 1.29 is 4.42 Å². The fourth-order valence-corrected chi connectivity index (χ4v) is 11.4. The number of rotatable bonds is 4. The van der Waals surface area contributed by atoms with Crippen molar-refractivity contribution in [2.75, 3.05) is 4.90 Å². The minimum Gasteiger partial charge on any atom is -0.456 e. The molecule has 0 fully saturated rings. The molecular weight excluding hydrogens is 715 g/mol. The molecule has 3 aliphatic carbocycles. The van der Waals surface area contributed by atoms with Gasteiger partial charge in [0.1, 0.15) is 11.2 Å². The largest absolute Gasteiger partial charge is 0.456 e. The van der Waals surface area contributed by atoms with Gasteiger partial charge in [-0.25, -0.2) is 0 Å². The van der Waals surface area contributed by atoms with Crippen LogP contribution >= 0.6 is 0 Å². The lowest BCUT2D eigenvalue weighted by Crippen LogP contribution is -2.27. The van der Waals surface area contributed by atoms with Crippen molar-refractivity contribution >= 4 is 39.0 Å². The molecule has 1 heterocycles. The Labute approximate surface area is 343 Å². The Morgan fingerprint density at radius 2 is 0.831 bits per heavy atom. The Morgan fingerprint density at radius 1 is 0.356 bits per heavy atom. The second-order valence-corrected chi connectivity index (χ2v) is 16.4. The van der Waals surface area contributed by atoms with Crippen molar-refractivity contribution in [2.45, 2.75) is 17.8 Å². The first-order chi connectivity index (χ1) is 29.2. The molecule has 2 nitrogen and oxygen atoms in total. The number of nitrogens with zero attached hydrogens (tertiary/aromatic N) is 1. The third-order valence-electron chi connectivity index (χ3n) is 13.8. The van der Waals surface area contributed by atoms with E-state index in [1.165, 1.54) is 72.3 Å². The molecule has 0 amide bonds. The molecular formula is C57H37NO. The molecule has 1 spiro atoms. The molecule has 0 atom stereocenters. The zero-order chi connectivity index (χ0) is 38.9. The third kappa shape index (κ3) is 4.10. The van der Waals surface area contributed by atoms with Gasteiger partial charge in [0.25, 0.3) is 0 Å². The van der Waals surface area contributed by atoms with Gasteiger partial charge in [0, 0.05) is 22.2 Å². The van der Waals surface area contributed by atoms with Crippen LogP contribution in [0.25, 0.3) is 55.3 Å². The van der Waals surface area contributed by atoms with E-state index in [4.69, 9.17) is 4.42 Å². The minimum absolute atomic E-state index is 0.468. The lowest BCUT2D eigenvalue weighted by Gasteiger charge is -2.36. The molecule has 276 valence electrons. The van der Waals surface area contributed by atoms with Gasteiger partial charge >= 0.3 is 0 Å². The van der Waals surface area contributed by atoms with E-state index in [-0.39, 0.29) is 0 Å². The minimum atomic E-state index is -0.473. The highest BCUT2D eigenvalue weighted by Gasteiger charge is 2.52. The Bertz CT molecular complexity index is 3260. The fraction of sp³-hybridized carbons (Fsp3) is 0.0526. The molecule has 0 saturated carbocycles. The number of furan rings is 1. The summed E-state index contributed by atoms with van der Waals surface area (Å²) in [7, 11) is 0. The van der Waals surface area contributed by atoms with Crippen LogP contribution in [0.3, 0.4) is 0 Å². The van der Waals surface area contributed by atoms with Gasteiger partial charge in [0.15, 0.2) is 0 Å². The third-order valence-corrected chi connectivity index (χ3v) is 13.8. The Balaban J connectivity index is 1.16. The van der Waals surface area contributed by atoms with Gasteiger partial charge in [-0.15, -0.1) is 0 Å². The fourth-order valence-electron chi connectivity index (χ4n) is 11.4. The zero-order valence-corrected chi connectivity index (χ0v) is 32.5. The number of benzene rings is 9. The molecule has 0 radical (unpaired) electrons. The average Bonchev–Trinajstić information content (AvgIpc) is 4.00. The van der Waals surface area contributed by atoms with Crippen molar-refractivity contribution in [2.24, 2.45) is 0 Å². The second-order valence-electron chi connectivity index (χ2n) is 16.4. The van der Waals surface area contributed by atoms with Gasteiger partial charge in [-0.2, -0.15) is 0 Å². The van der Waals surface area contributed by atoms with Gasteiger partial charge in [-0.1, -0.05) is 170 Å². The Hall–Kier alpha value is -7.42. The van der Waals surface area contributed by atoms with E-state index in [0.29, 0.717) is 0 Å². The molecule has 0 N–H and O–H groups in total. The van der Waals surface area contributed by atoms with E-state index >= 15 is 0 Å². The molecule has 2 heteroatoms. The van der Waals surface area contributed by atoms with Crippen LogP contribution in [0.4, 0.5) is 17.1 Å². The monoisotopic (exact) mass is 751 g/mol. The standard InChI is InChI=1S/C57H37NO/c1-56(45-25-11-5-19-38(45)39-20-6-12-26-46(39)56)50-33-34-53-54(44-24-10-16-30-52(44)59-53)55(50)58(36-17-3-2-4-18-36)37-31-32-43-42-23-9-15-29-49(42)57(51(43)35-37)47-27-13-7-21-40(47)41-22-8-14-28-48(41)57/h2-35H,1H3. The molecule has 0 aliphatic heterocycles. The lowest BCUT2D eigenvalue weighted by molar-refractivity contribution is 0.667. The smallest absolute Gasteiger partial charge is 0.137 e. The molecule has 0 saturated heterocycles. The maximum absolute atomic E-state index is 6.75. The number of anilines is 3. The second kappa shape index (κ2) is 11.8. The van der Waals surface area contributed by atoms with E-state index in [1.807, 2.05) is 0 Å². The van der Waals surface area contributed by atoms with Crippen molar-refractivity contribution in [1.82, 2.24) is 0 Å². The molecule has 1 aromatic heterocycles. The number of hydrogen-bond acceptors (Lipinski definition) is 2. The molecule has 3 aliphatic rings. The zero-order valence-electron chi connectivity index (χ0n) is 32.5. The van der Waals surface area contributed by atoms with E-state index in [0.717, 1.165) is 39.0 Å². The van der Waals surface area contributed by atoms with Crippen LogP contribution in [0.5, 0.6) is 0 Å². The van der Waals surface area contributed by atoms with Crippen molar-refractivity contribution in [1.29, 1.82) is 0 Å². The van der Waals surface area contributed by atoms with Crippen molar-refractivity contribution in [3.63, 3.8) is 0 Å². The number of hydrogen-bond donors (Lipinski definition) is 0. The quantitative estimate of drug-likeness (QED) is 0.178. The summed E-state index contributed by atoms with van der Waals surface area (Å²) in [5.74, 6) is 0. The van der Waals surface area contributed by atoms with Crippen LogP contribution in [0.15, 0.2) is 211 Å². The first-order valence-corrected chi connectivity index (χ1v) is 20.6. The first kappa shape index (κ1) is 32.6. The normalized spacial score (nSPS) is 14.5. The average molecular weight is 752 g/mol. The molecule has 0 bridgehead atoms. The lowest BCUT2D eigenvalue weighted by atomic mass is 9.70. The molecule has 13 rings (SSSR count). The van der Waals surface area contributed by atoms with Gasteiger partial charge < -0.3 is 9.32 Å². The van der Waals surface area contributed by atoms with E-state index in [1.54, 1.807) is 0 Å². The van der Waals surface area contributed by atoms with Gasteiger partial charge in [0.2, 0.25) is 0 Å². The highest BCUT2D eigenvalue weighted by molar-refractivity contribution is 6.15. The van der Waals surface area contributed by atoms with Crippen LogP contribution in [0.2, 0.25) is 0 Å². The van der Waals surface area contributed by atoms with Gasteiger partial charge in [-0.05, 0) is 116 Å². The molecule has 9 aromatic carbocycles. The maximum Gasteiger partial charge on any atom is 0.137 e. The molecule has 59 heavy (non-hydrogen) atoms. The topological polar surface area (TPSA) is 16.4 Å². The Morgan fingerprint density at radius 3 is 1.42 bits per heavy atom. The summed E-state index contributed by atoms with van der Waals surface area (Å²) >= 11 is 0. The Kier molecular flexibility index (Phi) is 6.54. The van der Waals surface area contributed by atoms with Crippen LogP contribution in [0.1, 0.15) is 45.9 Å². The van der Waals surface area contributed by atoms with E-state index < -0.39 is 10.8 Å². The first-order valence-electron chi connectivity index (χ1n) is 20.6. The molecule has 10 aromatic rings. The van der Waals surface area contributed by atoms with Crippen molar-refractivity contribution in [3.05, 3.63) is 245 Å². The summed E-state index contributed by atoms with van der Waals surface area (Å²) in [4.78, 5) is 2.53. The summed E-state index contributed by atoms with van der Waals surface area (Å²) in [6.45, 7) is 2.43. The SMILES string of the molecule is CC1(c2ccc3oc4ccccc4c3c2N(c2ccccc2)c2ccc3c(c2)C2(c4ccccc4-c4ccccc42)c2ccccc2-3)c2ccccc2-c2ccccc21. The van der Waals surface area contributed by atoms with Crippen LogP contribution in [-0.4, -0.2) is 0 Å². The summed E-state index contributed by atoms with van der Waals surface area (Å²) in [5, 5.41) is 2.22. The predicted octanol–water partition coefficient (Wildman–Crippen LogP) is 14.7. The van der Waals surface area contributed by atoms with E-state index in [2.05, 4.69) is 218 Å². The van der Waals surface area contributed by atoms with Gasteiger partial charge in [-0.3, -0.25) is 0 Å². The summed E-state index contributed by atoms with van der Waals surface area (Å²) in [6, 6.07) is 76.3. The highest BCUT2D eigenvalue weighted by atomic mass is 16.3. The maximum atomic E-state index is 6.75. The van der Waals surface area contributed by atoms with Gasteiger partial charge in [0.05, 0.1) is 16.5 Å². The highest BCUT2D eigenvalue weighted by Crippen LogP contribution is 2.64. The summed E-state index contributed by atoms with van der Waals surface area (Å²) in [5.41, 5.74) is 21.1. The molecule has 0 unspecified atom stereocenters. The summed E-state index contributed by atoms with van der Waals surface area (Å²) < 4.78 is 6.75. The summed E-state index contributed by atoms with van der Waals surface area (Å²) in [6.07, 6.45) is 0. The van der Waals surface area contributed by atoms with Crippen LogP contribution < -0.4 is 4.90 Å².